The minimum absolute atomic E-state index is 0.0917. The highest BCUT2D eigenvalue weighted by molar-refractivity contribution is 7.89. The molecule has 0 aromatic heterocycles. The normalized spacial score (nSPS) is 15.5. The Morgan fingerprint density at radius 3 is 2.37 bits per heavy atom. The van der Waals surface area contributed by atoms with Gasteiger partial charge in [-0.2, -0.15) is 0 Å². The third-order valence-electron chi connectivity index (χ3n) is 3.40. The highest BCUT2D eigenvalue weighted by Crippen LogP contribution is 2.19. The molecule has 0 saturated carbocycles. The fourth-order valence-electron chi connectivity index (χ4n) is 2.16. The van der Waals surface area contributed by atoms with Gasteiger partial charge in [0.15, 0.2) is 0 Å². The van der Waals surface area contributed by atoms with Crippen molar-refractivity contribution in [3.63, 3.8) is 0 Å². The first-order valence-electron chi connectivity index (χ1n) is 6.64. The van der Waals surface area contributed by atoms with Crippen LogP contribution in [0.25, 0.3) is 0 Å². The summed E-state index contributed by atoms with van der Waals surface area (Å²) in [5.74, 6) is 0.536. The second kappa shape index (κ2) is 6.50. The predicted octanol–water partition coefficient (Wildman–Crippen LogP) is 2.42. The monoisotopic (exact) mass is 284 g/mol. The van der Waals surface area contributed by atoms with Crippen molar-refractivity contribution in [3.05, 3.63) is 29.8 Å². The third kappa shape index (κ3) is 4.60. The molecule has 2 unspecified atom stereocenters. The molecule has 1 rings (SSSR count). The SMILES string of the molecule is CCC(NC(C)c1cccc(S(N)(=O)=O)c1)C(C)C. The molecule has 0 aliphatic rings. The summed E-state index contributed by atoms with van der Waals surface area (Å²) in [6.07, 6.45) is 1.04. The number of rotatable bonds is 6. The average Bonchev–Trinajstić information content (AvgIpc) is 2.34. The second-order valence-corrected chi connectivity index (χ2v) is 6.83. The lowest BCUT2D eigenvalue weighted by Crippen LogP contribution is -2.35. The fraction of sp³-hybridized carbons (Fsp3) is 0.571. The predicted molar refractivity (Wildman–Crippen MR) is 78.3 cm³/mol. The zero-order valence-corrected chi connectivity index (χ0v) is 12.9. The number of nitrogens with two attached hydrogens (primary N) is 1. The topological polar surface area (TPSA) is 72.2 Å². The van der Waals surface area contributed by atoms with Crippen LogP contribution in [-0.4, -0.2) is 14.5 Å². The van der Waals surface area contributed by atoms with E-state index in [2.05, 4.69) is 26.1 Å². The number of nitrogens with one attached hydrogen (secondary N) is 1. The summed E-state index contributed by atoms with van der Waals surface area (Å²) in [5.41, 5.74) is 0.936. The van der Waals surface area contributed by atoms with E-state index in [1.165, 1.54) is 6.07 Å². The lowest BCUT2D eigenvalue weighted by atomic mass is 9.99. The van der Waals surface area contributed by atoms with Gasteiger partial charge in [0.25, 0.3) is 0 Å². The van der Waals surface area contributed by atoms with Gasteiger partial charge in [-0.15, -0.1) is 0 Å². The van der Waals surface area contributed by atoms with E-state index >= 15 is 0 Å². The van der Waals surface area contributed by atoms with Crippen LogP contribution in [0.15, 0.2) is 29.2 Å². The summed E-state index contributed by atoms with van der Waals surface area (Å²) in [6.45, 7) is 8.53. The van der Waals surface area contributed by atoms with E-state index in [9.17, 15) is 8.42 Å². The van der Waals surface area contributed by atoms with E-state index in [-0.39, 0.29) is 10.9 Å². The summed E-state index contributed by atoms with van der Waals surface area (Å²) in [6, 6.07) is 7.30. The van der Waals surface area contributed by atoms with E-state index in [0.29, 0.717) is 12.0 Å². The van der Waals surface area contributed by atoms with Crippen LogP contribution in [-0.2, 0) is 10.0 Å². The molecule has 5 heteroatoms. The van der Waals surface area contributed by atoms with Crippen molar-refractivity contribution in [2.24, 2.45) is 11.1 Å². The van der Waals surface area contributed by atoms with Crippen molar-refractivity contribution in [3.8, 4) is 0 Å². The van der Waals surface area contributed by atoms with Crippen molar-refractivity contribution < 1.29 is 8.42 Å². The summed E-state index contributed by atoms with van der Waals surface area (Å²) in [5, 5.41) is 8.68. The molecular weight excluding hydrogens is 260 g/mol. The highest BCUT2D eigenvalue weighted by Gasteiger charge is 2.16. The first kappa shape index (κ1) is 16.1. The highest BCUT2D eigenvalue weighted by atomic mass is 32.2. The minimum atomic E-state index is -3.64. The molecule has 0 saturated heterocycles. The van der Waals surface area contributed by atoms with E-state index in [0.717, 1.165) is 12.0 Å². The first-order valence-corrected chi connectivity index (χ1v) is 8.19. The van der Waals surface area contributed by atoms with Crippen LogP contribution in [0.1, 0.15) is 45.7 Å². The van der Waals surface area contributed by atoms with Gasteiger partial charge in [-0.05, 0) is 37.0 Å². The van der Waals surface area contributed by atoms with Gasteiger partial charge in [-0.1, -0.05) is 32.9 Å². The minimum Gasteiger partial charge on any atom is -0.307 e. The maximum atomic E-state index is 11.4. The van der Waals surface area contributed by atoms with Gasteiger partial charge in [-0.25, -0.2) is 13.6 Å². The van der Waals surface area contributed by atoms with Crippen LogP contribution < -0.4 is 10.5 Å². The summed E-state index contributed by atoms with van der Waals surface area (Å²) < 4.78 is 22.7. The Balaban J connectivity index is 2.91. The van der Waals surface area contributed by atoms with Crippen molar-refractivity contribution in [1.82, 2.24) is 5.32 Å². The summed E-state index contributed by atoms with van der Waals surface area (Å²) in [4.78, 5) is 0.163. The zero-order chi connectivity index (χ0) is 14.6. The van der Waals surface area contributed by atoms with Crippen LogP contribution >= 0.6 is 0 Å². The molecule has 4 nitrogen and oxygen atoms in total. The number of hydrogen-bond donors (Lipinski definition) is 2. The maximum Gasteiger partial charge on any atom is 0.238 e. The van der Waals surface area contributed by atoms with Gasteiger partial charge in [-0.3, -0.25) is 0 Å². The molecule has 108 valence electrons. The number of primary sulfonamides is 1. The van der Waals surface area contributed by atoms with E-state index in [1.807, 2.05) is 13.0 Å². The van der Waals surface area contributed by atoms with Crippen LogP contribution in [0.3, 0.4) is 0 Å². The second-order valence-electron chi connectivity index (χ2n) is 5.26. The number of benzene rings is 1. The molecule has 0 aliphatic carbocycles. The summed E-state index contributed by atoms with van der Waals surface area (Å²) >= 11 is 0. The van der Waals surface area contributed by atoms with Crippen LogP contribution in [0.4, 0.5) is 0 Å². The number of hydrogen-bond acceptors (Lipinski definition) is 3. The lowest BCUT2D eigenvalue weighted by Gasteiger charge is -2.25. The molecule has 0 aliphatic heterocycles. The van der Waals surface area contributed by atoms with Gasteiger partial charge in [0.1, 0.15) is 0 Å². The van der Waals surface area contributed by atoms with E-state index in [1.54, 1.807) is 12.1 Å². The smallest absolute Gasteiger partial charge is 0.238 e. The van der Waals surface area contributed by atoms with Crippen molar-refractivity contribution in [1.29, 1.82) is 0 Å². The zero-order valence-electron chi connectivity index (χ0n) is 12.1. The Labute approximate surface area is 116 Å². The van der Waals surface area contributed by atoms with Crippen molar-refractivity contribution in [2.75, 3.05) is 0 Å². The Morgan fingerprint density at radius 1 is 1.26 bits per heavy atom. The first-order chi connectivity index (χ1) is 8.75. The molecule has 1 aromatic carbocycles. The van der Waals surface area contributed by atoms with Gasteiger partial charge >= 0.3 is 0 Å². The quantitative estimate of drug-likeness (QED) is 0.842. The molecule has 2 atom stereocenters. The molecule has 0 heterocycles. The van der Waals surface area contributed by atoms with Crippen molar-refractivity contribution in [2.45, 2.75) is 51.1 Å². The molecule has 0 bridgehead atoms. The molecule has 3 N–H and O–H groups in total. The van der Waals surface area contributed by atoms with Crippen molar-refractivity contribution >= 4 is 10.0 Å². The van der Waals surface area contributed by atoms with Gasteiger partial charge in [0, 0.05) is 12.1 Å². The maximum absolute atomic E-state index is 11.4. The van der Waals surface area contributed by atoms with E-state index < -0.39 is 10.0 Å². The Morgan fingerprint density at radius 2 is 1.89 bits per heavy atom. The fourth-order valence-corrected chi connectivity index (χ4v) is 2.73. The molecule has 0 spiro atoms. The average molecular weight is 284 g/mol. The molecule has 0 radical (unpaired) electrons. The molecule has 1 aromatic rings. The van der Waals surface area contributed by atoms with Gasteiger partial charge < -0.3 is 5.32 Å². The molecule has 0 amide bonds. The molecule has 0 fully saturated rings. The number of sulfonamides is 1. The molecular formula is C14H24N2O2S. The Bertz CT molecular complexity index is 512. The largest absolute Gasteiger partial charge is 0.307 e. The third-order valence-corrected chi connectivity index (χ3v) is 4.31. The standard InChI is InChI=1S/C14H24N2O2S/c1-5-14(10(2)3)16-11(4)12-7-6-8-13(9-12)19(15,17)18/h6-11,14,16H,5H2,1-4H3,(H2,15,17,18). The van der Waals surface area contributed by atoms with Crippen LogP contribution in [0.5, 0.6) is 0 Å². The van der Waals surface area contributed by atoms with E-state index in [4.69, 9.17) is 5.14 Å². The van der Waals surface area contributed by atoms with Crippen LogP contribution in [0.2, 0.25) is 0 Å². The van der Waals surface area contributed by atoms with Crippen LogP contribution in [0, 0.1) is 5.92 Å². The lowest BCUT2D eigenvalue weighted by molar-refractivity contribution is 0.355. The Kier molecular flexibility index (Phi) is 5.52. The summed E-state index contributed by atoms with van der Waals surface area (Å²) in [7, 11) is -3.64. The van der Waals surface area contributed by atoms with Gasteiger partial charge in [0.2, 0.25) is 10.0 Å². The molecule has 19 heavy (non-hydrogen) atoms. The Hall–Kier alpha value is -0.910. The van der Waals surface area contributed by atoms with Gasteiger partial charge in [0.05, 0.1) is 4.90 Å².